The Hall–Kier alpha value is -4.46. The van der Waals surface area contributed by atoms with Crippen molar-refractivity contribution in [1.29, 1.82) is 5.26 Å². The minimum atomic E-state index is -0.752. The fraction of sp³-hybridized carbons (Fsp3) is 0.393. The minimum Gasteiger partial charge on any atom is -0.444 e. The van der Waals surface area contributed by atoms with E-state index in [1.165, 1.54) is 0 Å². The number of aromatic nitrogens is 3. The van der Waals surface area contributed by atoms with Crippen molar-refractivity contribution in [2.24, 2.45) is 0 Å². The maximum absolute atomic E-state index is 14.6. The predicted molar refractivity (Wildman–Crippen MR) is 145 cm³/mol. The maximum atomic E-state index is 14.6. The van der Waals surface area contributed by atoms with Crippen LogP contribution in [0.25, 0.3) is 16.8 Å². The van der Waals surface area contributed by atoms with Gasteiger partial charge in [-0.05, 0) is 52.2 Å². The number of carbonyl (C=O) groups excluding carboxylic acids is 2. The molecule has 0 aliphatic carbocycles. The third-order valence-corrected chi connectivity index (χ3v) is 5.50. The number of nitrogens with one attached hydrogen (secondary N) is 2. The standard InChI is InChI=1S/C28H33FN6O4/c1-8-9-17(4)23-22(29)26(39-34-23)31-21(36)14-18-10-12-19(13-11-18)24-20(15-30)25(35(33-24)16(2)3)32-27(37)38-28(5,6)7/h10-13,16H,4,8-9,14H2,1-3,5-7H3,(H,31,36)(H,32,37). The van der Waals surface area contributed by atoms with Gasteiger partial charge in [-0.1, -0.05) is 49.3 Å². The Morgan fingerprint density at radius 1 is 1.23 bits per heavy atom. The minimum absolute atomic E-state index is 0.00571. The van der Waals surface area contributed by atoms with Gasteiger partial charge in [0.2, 0.25) is 11.7 Å². The van der Waals surface area contributed by atoms with Crippen molar-refractivity contribution >= 4 is 29.3 Å². The van der Waals surface area contributed by atoms with Crippen LogP contribution >= 0.6 is 0 Å². The van der Waals surface area contributed by atoms with E-state index >= 15 is 0 Å². The van der Waals surface area contributed by atoms with Crippen molar-refractivity contribution in [3.05, 3.63) is 53.5 Å². The Bertz CT molecular complexity index is 1410. The molecule has 11 heteroatoms. The summed E-state index contributed by atoms with van der Waals surface area (Å²) in [6, 6.07) is 8.82. The highest BCUT2D eigenvalue weighted by Crippen LogP contribution is 2.31. The van der Waals surface area contributed by atoms with Crippen molar-refractivity contribution in [3.8, 4) is 17.3 Å². The molecule has 0 aliphatic rings. The van der Waals surface area contributed by atoms with Gasteiger partial charge >= 0.3 is 6.09 Å². The molecule has 0 saturated heterocycles. The first-order chi connectivity index (χ1) is 18.3. The Kier molecular flexibility index (Phi) is 8.91. The molecule has 1 aromatic carbocycles. The molecule has 2 amide bonds. The van der Waals surface area contributed by atoms with E-state index in [0.717, 1.165) is 6.42 Å². The van der Waals surface area contributed by atoms with E-state index in [2.05, 4.69) is 33.5 Å². The zero-order valence-electron chi connectivity index (χ0n) is 23.0. The summed E-state index contributed by atoms with van der Waals surface area (Å²) in [5.74, 6) is -1.36. The monoisotopic (exact) mass is 536 g/mol. The van der Waals surface area contributed by atoms with Gasteiger partial charge in [0.1, 0.15) is 28.6 Å². The van der Waals surface area contributed by atoms with Gasteiger partial charge in [0.05, 0.1) is 6.42 Å². The molecule has 2 N–H and O–H groups in total. The van der Waals surface area contributed by atoms with Gasteiger partial charge in [-0.3, -0.25) is 15.4 Å². The Labute approximate surface area is 226 Å². The number of hydrogen-bond acceptors (Lipinski definition) is 7. The highest BCUT2D eigenvalue weighted by Gasteiger charge is 2.25. The molecular weight excluding hydrogens is 503 g/mol. The molecule has 39 heavy (non-hydrogen) atoms. The van der Waals surface area contributed by atoms with Gasteiger partial charge < -0.3 is 9.26 Å². The lowest BCUT2D eigenvalue weighted by Gasteiger charge is -2.20. The van der Waals surface area contributed by atoms with Crippen LogP contribution in [0.2, 0.25) is 0 Å². The number of hydrogen-bond donors (Lipinski definition) is 2. The van der Waals surface area contributed by atoms with Gasteiger partial charge in [-0.2, -0.15) is 14.8 Å². The largest absolute Gasteiger partial charge is 0.444 e. The van der Waals surface area contributed by atoms with Crippen LogP contribution in [0.4, 0.5) is 20.9 Å². The summed E-state index contributed by atoms with van der Waals surface area (Å²) >= 11 is 0. The number of anilines is 2. The molecule has 0 fully saturated rings. The predicted octanol–water partition coefficient (Wildman–Crippen LogP) is 6.47. The molecule has 10 nitrogen and oxygen atoms in total. The number of nitrogens with zero attached hydrogens (tertiary/aromatic N) is 4. The SMILES string of the molecule is C=C(CCC)c1noc(NC(=O)Cc2ccc(-c3nn(C(C)C)c(NC(=O)OC(C)(C)C)c3C#N)cc2)c1F. The molecule has 3 aromatic rings. The summed E-state index contributed by atoms with van der Waals surface area (Å²) < 4.78 is 26.4. The van der Waals surface area contributed by atoms with Gasteiger partial charge in [0.15, 0.2) is 5.82 Å². The molecule has 2 heterocycles. The lowest BCUT2D eigenvalue weighted by molar-refractivity contribution is -0.115. The van der Waals surface area contributed by atoms with Crippen LogP contribution in [0.15, 0.2) is 35.4 Å². The van der Waals surface area contributed by atoms with E-state index in [9.17, 15) is 19.2 Å². The zero-order chi connectivity index (χ0) is 28.9. The summed E-state index contributed by atoms with van der Waals surface area (Å²) in [6.07, 6.45) is 0.587. The molecule has 0 bridgehead atoms. The molecule has 0 aliphatic heterocycles. The van der Waals surface area contributed by atoms with E-state index in [4.69, 9.17) is 9.26 Å². The first-order valence-corrected chi connectivity index (χ1v) is 12.6. The lowest BCUT2D eigenvalue weighted by atomic mass is 10.0. The number of carbonyl (C=O) groups is 2. The highest BCUT2D eigenvalue weighted by molar-refractivity contribution is 5.92. The second-order valence-corrected chi connectivity index (χ2v) is 10.3. The van der Waals surface area contributed by atoms with Crippen molar-refractivity contribution < 1.29 is 23.2 Å². The van der Waals surface area contributed by atoms with Crippen LogP contribution < -0.4 is 10.6 Å². The molecule has 3 rings (SSSR count). The molecule has 0 unspecified atom stereocenters. The van der Waals surface area contributed by atoms with Crippen molar-refractivity contribution in [2.75, 3.05) is 10.6 Å². The molecule has 0 spiro atoms. The molecule has 0 atom stereocenters. The number of allylic oxidation sites excluding steroid dienone is 1. The van der Waals surface area contributed by atoms with Gasteiger partial charge in [0, 0.05) is 11.6 Å². The average molecular weight is 537 g/mol. The summed E-state index contributed by atoms with van der Waals surface area (Å²) in [7, 11) is 0. The number of nitriles is 1. The first kappa shape index (κ1) is 29.1. The topological polar surface area (TPSA) is 135 Å². The Balaban J connectivity index is 1.78. The molecular formula is C28H33FN6O4. The summed E-state index contributed by atoms with van der Waals surface area (Å²) in [5, 5.41) is 23.2. The summed E-state index contributed by atoms with van der Waals surface area (Å²) in [6.45, 7) is 14.7. The van der Waals surface area contributed by atoms with Crippen LogP contribution in [0.5, 0.6) is 0 Å². The van der Waals surface area contributed by atoms with E-state index in [-0.39, 0.29) is 35.4 Å². The summed E-state index contributed by atoms with van der Waals surface area (Å²) in [5.41, 5.74) is 1.60. The van der Waals surface area contributed by atoms with Crippen LogP contribution in [0.1, 0.15) is 77.2 Å². The van der Waals surface area contributed by atoms with Crippen LogP contribution in [-0.4, -0.2) is 32.5 Å². The second kappa shape index (κ2) is 11.9. The van der Waals surface area contributed by atoms with Crippen LogP contribution in [-0.2, 0) is 16.0 Å². The normalized spacial score (nSPS) is 11.3. The van der Waals surface area contributed by atoms with Crippen molar-refractivity contribution in [3.63, 3.8) is 0 Å². The average Bonchev–Trinajstić information content (AvgIpc) is 3.38. The smallest absolute Gasteiger partial charge is 0.413 e. The Morgan fingerprint density at radius 2 is 1.90 bits per heavy atom. The van der Waals surface area contributed by atoms with Crippen molar-refractivity contribution in [1.82, 2.24) is 14.9 Å². The summed E-state index contributed by atoms with van der Waals surface area (Å²) in [4.78, 5) is 24.9. The van der Waals surface area contributed by atoms with E-state index in [1.807, 2.05) is 20.8 Å². The third kappa shape index (κ3) is 7.10. The number of halogens is 1. The fourth-order valence-electron chi connectivity index (χ4n) is 3.77. The molecule has 0 saturated carbocycles. The van der Waals surface area contributed by atoms with E-state index < -0.39 is 23.4 Å². The van der Waals surface area contributed by atoms with Crippen LogP contribution in [0.3, 0.4) is 0 Å². The number of benzene rings is 1. The number of amides is 2. The quantitative estimate of drug-likeness (QED) is 0.320. The van der Waals surface area contributed by atoms with Gasteiger partial charge in [-0.15, -0.1) is 0 Å². The second-order valence-electron chi connectivity index (χ2n) is 10.3. The van der Waals surface area contributed by atoms with Crippen molar-refractivity contribution in [2.45, 2.75) is 72.4 Å². The van der Waals surface area contributed by atoms with E-state index in [0.29, 0.717) is 28.8 Å². The Morgan fingerprint density at radius 3 is 2.46 bits per heavy atom. The molecule has 0 radical (unpaired) electrons. The van der Waals surface area contributed by atoms with Gasteiger partial charge in [-0.25, -0.2) is 9.48 Å². The fourth-order valence-corrected chi connectivity index (χ4v) is 3.77. The molecule has 206 valence electrons. The van der Waals surface area contributed by atoms with Crippen LogP contribution in [0, 0.1) is 17.1 Å². The highest BCUT2D eigenvalue weighted by atomic mass is 19.1. The first-order valence-electron chi connectivity index (χ1n) is 12.6. The zero-order valence-corrected chi connectivity index (χ0v) is 23.0. The third-order valence-electron chi connectivity index (χ3n) is 5.50. The number of ether oxygens (including phenoxy) is 1. The lowest BCUT2D eigenvalue weighted by Crippen LogP contribution is -2.28. The van der Waals surface area contributed by atoms with Gasteiger partial charge in [0.25, 0.3) is 5.88 Å². The molecule has 2 aromatic heterocycles. The number of rotatable bonds is 9. The maximum Gasteiger partial charge on any atom is 0.413 e. The van der Waals surface area contributed by atoms with E-state index in [1.54, 1.807) is 49.7 Å².